The number of benzene rings is 1. The van der Waals surface area contributed by atoms with E-state index in [1.807, 2.05) is 35.4 Å². The first-order chi connectivity index (χ1) is 15.2. The summed E-state index contributed by atoms with van der Waals surface area (Å²) in [6.45, 7) is 1.92. The van der Waals surface area contributed by atoms with Gasteiger partial charge in [-0.05, 0) is 23.7 Å². The van der Waals surface area contributed by atoms with E-state index in [-0.39, 0.29) is 5.91 Å². The summed E-state index contributed by atoms with van der Waals surface area (Å²) in [5, 5.41) is 12.7. The Labute approximate surface area is 184 Å². The molecule has 9 nitrogen and oxygen atoms in total. The second-order valence-electron chi connectivity index (χ2n) is 6.55. The number of hydrogen-bond donors (Lipinski definition) is 1. The molecule has 1 amide bonds. The summed E-state index contributed by atoms with van der Waals surface area (Å²) < 4.78 is 43.2. The number of rotatable bonds is 3. The lowest BCUT2D eigenvalue weighted by atomic mass is 10.1. The van der Waals surface area contributed by atoms with Crippen molar-refractivity contribution < 1.29 is 32.6 Å². The number of carboxylic acid groups (broad SMARTS) is 1. The molecule has 0 radical (unpaired) electrons. The number of carbonyl (C=O) groups excluding carboxylic acids is 1. The van der Waals surface area contributed by atoms with Gasteiger partial charge in [-0.3, -0.25) is 4.79 Å². The lowest BCUT2D eigenvalue weighted by Gasteiger charge is -2.18. The van der Waals surface area contributed by atoms with Crippen molar-refractivity contribution >= 4 is 23.4 Å². The Balaban J connectivity index is 0.000000360. The van der Waals surface area contributed by atoms with Crippen molar-refractivity contribution in [2.45, 2.75) is 19.1 Å². The van der Waals surface area contributed by atoms with E-state index in [4.69, 9.17) is 14.6 Å². The van der Waals surface area contributed by atoms with Gasteiger partial charge in [0.15, 0.2) is 5.69 Å². The fourth-order valence-electron chi connectivity index (χ4n) is 3.12. The van der Waals surface area contributed by atoms with Crippen molar-refractivity contribution in [2.24, 2.45) is 0 Å². The van der Waals surface area contributed by atoms with Crippen LogP contribution in [0.25, 0.3) is 11.3 Å². The Kier molecular flexibility index (Phi) is 7.08. The zero-order chi connectivity index (χ0) is 23.3. The van der Waals surface area contributed by atoms with Crippen molar-refractivity contribution in [1.82, 2.24) is 24.0 Å². The van der Waals surface area contributed by atoms with Gasteiger partial charge < -0.3 is 19.3 Å². The van der Waals surface area contributed by atoms with Crippen LogP contribution in [0.1, 0.15) is 16.3 Å². The predicted molar refractivity (Wildman–Crippen MR) is 107 cm³/mol. The highest BCUT2D eigenvalue weighted by Crippen LogP contribution is 2.31. The second kappa shape index (κ2) is 9.77. The summed E-state index contributed by atoms with van der Waals surface area (Å²) >= 11 is 1.19. The molecule has 1 aliphatic heterocycles. The fourth-order valence-corrected chi connectivity index (χ4v) is 3.55. The highest BCUT2D eigenvalue weighted by Gasteiger charge is 2.38. The number of hydrogen-bond acceptors (Lipinski definition) is 7. The largest absolute Gasteiger partial charge is 0.496 e. The van der Waals surface area contributed by atoms with Crippen LogP contribution in [0.3, 0.4) is 0 Å². The van der Waals surface area contributed by atoms with E-state index in [1.54, 1.807) is 12.5 Å². The first-order valence-electron chi connectivity index (χ1n) is 9.26. The molecular formula is C19H18F3N5O4S. The molecule has 0 spiro atoms. The molecule has 3 aromatic rings. The molecule has 0 atom stereocenters. The number of aromatic nitrogens is 4. The highest BCUT2D eigenvalue weighted by molar-refractivity contribution is 7.03. The zero-order valence-corrected chi connectivity index (χ0v) is 17.6. The van der Waals surface area contributed by atoms with Gasteiger partial charge in [0.25, 0.3) is 5.91 Å². The van der Waals surface area contributed by atoms with Gasteiger partial charge in [-0.25, -0.2) is 9.78 Å². The van der Waals surface area contributed by atoms with Crippen LogP contribution < -0.4 is 4.74 Å². The second-order valence-corrected chi connectivity index (χ2v) is 7.16. The quantitative estimate of drug-likeness (QED) is 0.628. The number of aliphatic carboxylic acids is 1. The van der Waals surface area contributed by atoms with Crippen molar-refractivity contribution in [3.8, 4) is 17.0 Å². The van der Waals surface area contributed by atoms with E-state index in [2.05, 4.69) is 19.1 Å². The molecule has 1 N–H and O–H groups in total. The third kappa shape index (κ3) is 5.22. The monoisotopic (exact) mass is 469 g/mol. The van der Waals surface area contributed by atoms with E-state index in [1.165, 1.54) is 11.5 Å². The fraction of sp³-hybridized carbons (Fsp3) is 0.316. The smallest absolute Gasteiger partial charge is 0.490 e. The number of alkyl halides is 3. The topological polar surface area (TPSA) is 110 Å². The van der Waals surface area contributed by atoms with Gasteiger partial charge in [0.05, 0.1) is 19.0 Å². The SMILES string of the molecule is COc1ccccc1-c1cnc2n1CCN(C(=O)c1csnn1)CC2.O=C(O)C(F)(F)F. The molecule has 0 bridgehead atoms. The summed E-state index contributed by atoms with van der Waals surface area (Å²) in [5.41, 5.74) is 2.43. The standard InChI is InChI=1S/C17H17N5O2S.C2HF3O2/c1-24-15-5-3-2-4-12(15)14-10-18-16-6-7-21(8-9-22(14)16)17(23)13-11-25-20-19-13;3-2(4,5)1(6)7/h2-5,10-11H,6-9H2,1H3;(H,6,7). The molecule has 0 unspecified atom stereocenters. The number of carboxylic acids is 1. The van der Waals surface area contributed by atoms with Crippen molar-refractivity contribution in [1.29, 1.82) is 0 Å². The molecule has 1 aromatic carbocycles. The van der Waals surface area contributed by atoms with Gasteiger partial charge in [0.1, 0.15) is 11.6 Å². The van der Waals surface area contributed by atoms with E-state index in [9.17, 15) is 18.0 Å². The average Bonchev–Trinajstić information content (AvgIpc) is 3.39. The first-order valence-corrected chi connectivity index (χ1v) is 10.1. The normalized spacial score (nSPS) is 13.4. The van der Waals surface area contributed by atoms with Crippen LogP contribution >= 0.6 is 11.5 Å². The Bertz CT molecular complexity index is 1090. The van der Waals surface area contributed by atoms with Crippen molar-refractivity contribution in [2.75, 3.05) is 20.2 Å². The van der Waals surface area contributed by atoms with Gasteiger partial charge in [0.2, 0.25) is 0 Å². The molecule has 1 aliphatic rings. The predicted octanol–water partition coefficient (Wildman–Crippen LogP) is 2.74. The first kappa shape index (κ1) is 23.2. The Morgan fingerprint density at radius 2 is 1.91 bits per heavy atom. The molecule has 0 aliphatic carbocycles. The van der Waals surface area contributed by atoms with E-state index in [0.29, 0.717) is 31.7 Å². The molecule has 170 valence electrons. The van der Waals surface area contributed by atoms with Gasteiger partial charge in [-0.1, -0.05) is 16.6 Å². The Hall–Kier alpha value is -3.48. The number of ether oxygens (including phenoxy) is 1. The van der Waals surface area contributed by atoms with Crippen LogP contribution in [-0.2, 0) is 17.8 Å². The number of amides is 1. The Morgan fingerprint density at radius 1 is 1.19 bits per heavy atom. The van der Waals surface area contributed by atoms with Crippen molar-refractivity contribution in [3.05, 3.63) is 47.4 Å². The third-order valence-electron chi connectivity index (χ3n) is 4.63. The molecule has 32 heavy (non-hydrogen) atoms. The van der Waals surface area contributed by atoms with Crippen LogP contribution in [0.4, 0.5) is 13.2 Å². The minimum Gasteiger partial charge on any atom is -0.496 e. The summed E-state index contributed by atoms with van der Waals surface area (Å²) in [7, 11) is 1.67. The van der Waals surface area contributed by atoms with Gasteiger partial charge in [0, 0.05) is 37.0 Å². The van der Waals surface area contributed by atoms with Crippen LogP contribution in [0.15, 0.2) is 35.8 Å². The summed E-state index contributed by atoms with van der Waals surface area (Å²) in [5.74, 6) is -1.03. The maximum Gasteiger partial charge on any atom is 0.490 e. The molecule has 0 saturated heterocycles. The van der Waals surface area contributed by atoms with Crippen LogP contribution in [0.2, 0.25) is 0 Å². The lowest BCUT2D eigenvalue weighted by Crippen LogP contribution is -2.33. The maximum absolute atomic E-state index is 12.5. The summed E-state index contributed by atoms with van der Waals surface area (Å²) in [4.78, 5) is 27.8. The van der Waals surface area contributed by atoms with Crippen molar-refractivity contribution in [3.63, 3.8) is 0 Å². The molecule has 0 saturated carbocycles. The van der Waals surface area contributed by atoms with E-state index >= 15 is 0 Å². The van der Waals surface area contributed by atoms with Crippen LogP contribution in [-0.4, -0.2) is 67.4 Å². The number of carbonyl (C=O) groups is 2. The molecule has 0 fully saturated rings. The van der Waals surface area contributed by atoms with Gasteiger partial charge in [-0.15, -0.1) is 5.10 Å². The average molecular weight is 469 g/mol. The van der Waals surface area contributed by atoms with Gasteiger partial charge in [-0.2, -0.15) is 13.2 Å². The maximum atomic E-state index is 12.5. The minimum atomic E-state index is -5.08. The number of nitrogens with zero attached hydrogens (tertiary/aromatic N) is 5. The minimum absolute atomic E-state index is 0.0710. The lowest BCUT2D eigenvalue weighted by molar-refractivity contribution is -0.192. The zero-order valence-electron chi connectivity index (χ0n) is 16.7. The molecule has 3 heterocycles. The third-order valence-corrected chi connectivity index (χ3v) is 5.13. The number of imidazole rings is 1. The molecular weight excluding hydrogens is 451 g/mol. The number of para-hydroxylation sites is 1. The van der Waals surface area contributed by atoms with Crippen LogP contribution in [0, 0.1) is 0 Å². The summed E-state index contributed by atoms with van der Waals surface area (Å²) in [6.07, 6.45) is -2.49. The van der Waals surface area contributed by atoms with Gasteiger partial charge >= 0.3 is 12.1 Å². The molecule has 2 aromatic heterocycles. The number of fused-ring (bicyclic) bond motifs is 1. The highest BCUT2D eigenvalue weighted by atomic mass is 32.1. The van der Waals surface area contributed by atoms with E-state index in [0.717, 1.165) is 22.8 Å². The van der Waals surface area contributed by atoms with E-state index < -0.39 is 12.1 Å². The molecule has 4 rings (SSSR count). The van der Waals surface area contributed by atoms with Crippen LogP contribution in [0.5, 0.6) is 5.75 Å². The number of methoxy groups -OCH3 is 1. The Morgan fingerprint density at radius 3 is 2.53 bits per heavy atom. The number of halogens is 3. The molecule has 13 heteroatoms. The summed E-state index contributed by atoms with van der Waals surface area (Å²) in [6, 6.07) is 7.90.